The minimum absolute atomic E-state index is 0.773. The highest BCUT2D eigenvalue weighted by atomic mass is 32.1. The van der Waals surface area contributed by atoms with Gasteiger partial charge in [-0.15, -0.1) is 11.3 Å². The van der Waals surface area contributed by atoms with Gasteiger partial charge in [0.2, 0.25) is 0 Å². The molecule has 0 saturated carbocycles. The summed E-state index contributed by atoms with van der Waals surface area (Å²) in [7, 11) is 0. The van der Waals surface area contributed by atoms with Gasteiger partial charge in [-0.25, -0.2) is 0 Å². The highest BCUT2D eigenvalue weighted by molar-refractivity contribution is 7.13. The first-order chi connectivity index (χ1) is 10.4. The molecule has 0 bridgehead atoms. The van der Waals surface area contributed by atoms with Crippen molar-refractivity contribution in [1.29, 1.82) is 0 Å². The fraction of sp³-hybridized carbons (Fsp3) is 0.158. The second-order valence-corrected chi connectivity index (χ2v) is 5.88. The van der Waals surface area contributed by atoms with Crippen molar-refractivity contribution in [2.45, 2.75) is 13.3 Å². The summed E-state index contributed by atoms with van der Waals surface area (Å²) in [6.07, 6.45) is 1.03. The minimum Gasteiger partial charge on any atom is -0.494 e. The van der Waals surface area contributed by atoms with Crippen LogP contribution in [0.3, 0.4) is 0 Å². The summed E-state index contributed by atoms with van der Waals surface area (Å²) in [5.41, 5.74) is 3.73. The Morgan fingerprint density at radius 2 is 1.43 bits per heavy atom. The molecule has 106 valence electrons. The normalized spacial score (nSPS) is 10.5. The number of ether oxygens (including phenoxy) is 1. The summed E-state index contributed by atoms with van der Waals surface area (Å²) in [6, 6.07) is 21.3. The van der Waals surface area contributed by atoms with Crippen LogP contribution in [0.25, 0.3) is 21.6 Å². The lowest BCUT2D eigenvalue weighted by Gasteiger charge is -2.07. The Kier molecular flexibility index (Phi) is 4.37. The van der Waals surface area contributed by atoms with Crippen LogP contribution in [-0.4, -0.2) is 6.61 Å². The molecule has 2 aromatic carbocycles. The molecule has 1 nitrogen and oxygen atoms in total. The first kappa shape index (κ1) is 13.9. The summed E-state index contributed by atoms with van der Waals surface area (Å²) >= 11 is 1.77. The van der Waals surface area contributed by atoms with Crippen LogP contribution in [0.1, 0.15) is 13.3 Å². The lowest BCUT2D eigenvalue weighted by molar-refractivity contribution is 0.317. The molecule has 0 aliphatic heterocycles. The molecule has 21 heavy (non-hydrogen) atoms. The monoisotopic (exact) mass is 294 g/mol. The molecule has 0 saturated heterocycles. The molecule has 1 heterocycles. The van der Waals surface area contributed by atoms with Gasteiger partial charge in [-0.2, -0.15) is 0 Å². The fourth-order valence-electron chi connectivity index (χ4n) is 2.23. The number of thiophene rings is 1. The van der Waals surface area contributed by atoms with E-state index in [1.54, 1.807) is 11.3 Å². The minimum atomic E-state index is 0.773. The molecule has 3 rings (SSSR count). The quantitative estimate of drug-likeness (QED) is 0.571. The van der Waals surface area contributed by atoms with E-state index in [-0.39, 0.29) is 0 Å². The zero-order valence-corrected chi connectivity index (χ0v) is 12.9. The molecule has 2 heteroatoms. The maximum atomic E-state index is 5.62. The third kappa shape index (κ3) is 3.34. The van der Waals surface area contributed by atoms with Crippen LogP contribution in [0.15, 0.2) is 66.0 Å². The van der Waals surface area contributed by atoms with E-state index >= 15 is 0 Å². The van der Waals surface area contributed by atoms with Crippen molar-refractivity contribution in [3.05, 3.63) is 66.0 Å². The predicted molar refractivity (Wildman–Crippen MR) is 91.0 cm³/mol. The first-order valence-corrected chi connectivity index (χ1v) is 8.12. The van der Waals surface area contributed by atoms with Crippen LogP contribution in [0, 0.1) is 0 Å². The van der Waals surface area contributed by atoms with E-state index in [2.05, 4.69) is 60.8 Å². The maximum absolute atomic E-state index is 5.62. The van der Waals surface area contributed by atoms with E-state index < -0.39 is 0 Å². The van der Waals surface area contributed by atoms with Crippen LogP contribution in [-0.2, 0) is 0 Å². The molecule has 3 aromatic rings. The molecule has 0 amide bonds. The third-order valence-corrected chi connectivity index (χ3v) is 4.27. The highest BCUT2D eigenvalue weighted by Crippen LogP contribution is 2.28. The van der Waals surface area contributed by atoms with Crippen LogP contribution >= 0.6 is 11.3 Å². The SMILES string of the molecule is CCCOc1ccc(-c2ccc(-c3cccs3)cc2)cc1. The second-order valence-electron chi connectivity index (χ2n) is 4.93. The zero-order valence-electron chi connectivity index (χ0n) is 12.1. The van der Waals surface area contributed by atoms with Gasteiger partial charge in [-0.3, -0.25) is 0 Å². The first-order valence-electron chi connectivity index (χ1n) is 7.24. The van der Waals surface area contributed by atoms with Gasteiger partial charge in [0.25, 0.3) is 0 Å². The van der Waals surface area contributed by atoms with Crippen molar-refractivity contribution in [3.63, 3.8) is 0 Å². The van der Waals surface area contributed by atoms with Crippen molar-refractivity contribution >= 4 is 11.3 Å². The van der Waals surface area contributed by atoms with E-state index in [0.29, 0.717) is 0 Å². The van der Waals surface area contributed by atoms with Gasteiger partial charge in [0, 0.05) is 4.88 Å². The van der Waals surface area contributed by atoms with Crippen molar-refractivity contribution in [2.75, 3.05) is 6.61 Å². The Balaban J connectivity index is 1.77. The van der Waals surface area contributed by atoms with Crippen molar-refractivity contribution in [3.8, 4) is 27.3 Å². The Morgan fingerprint density at radius 1 is 0.810 bits per heavy atom. The van der Waals surface area contributed by atoms with Gasteiger partial charge in [-0.1, -0.05) is 49.4 Å². The number of hydrogen-bond acceptors (Lipinski definition) is 2. The number of benzene rings is 2. The van der Waals surface area contributed by atoms with Crippen LogP contribution in [0.4, 0.5) is 0 Å². The lowest BCUT2D eigenvalue weighted by Crippen LogP contribution is -1.94. The van der Waals surface area contributed by atoms with E-state index in [0.717, 1.165) is 18.8 Å². The molecule has 0 radical (unpaired) electrons. The molecule has 0 spiro atoms. The van der Waals surface area contributed by atoms with E-state index in [1.165, 1.54) is 21.6 Å². The predicted octanol–water partition coefficient (Wildman–Crippen LogP) is 5.87. The summed E-state index contributed by atoms with van der Waals surface area (Å²) in [5.74, 6) is 0.941. The Morgan fingerprint density at radius 3 is 2.00 bits per heavy atom. The van der Waals surface area contributed by atoms with Crippen molar-refractivity contribution in [1.82, 2.24) is 0 Å². The van der Waals surface area contributed by atoms with Crippen LogP contribution < -0.4 is 4.74 Å². The number of rotatable bonds is 5. The third-order valence-electron chi connectivity index (χ3n) is 3.35. The Labute approximate surface area is 129 Å². The number of hydrogen-bond donors (Lipinski definition) is 0. The van der Waals surface area contributed by atoms with Crippen LogP contribution in [0.5, 0.6) is 5.75 Å². The van der Waals surface area contributed by atoms with Gasteiger partial charge >= 0.3 is 0 Å². The van der Waals surface area contributed by atoms with Crippen LogP contribution in [0.2, 0.25) is 0 Å². The van der Waals surface area contributed by atoms with E-state index in [4.69, 9.17) is 4.74 Å². The molecular weight excluding hydrogens is 276 g/mol. The molecule has 0 unspecified atom stereocenters. The topological polar surface area (TPSA) is 9.23 Å². The summed E-state index contributed by atoms with van der Waals surface area (Å²) in [5, 5.41) is 2.11. The van der Waals surface area contributed by atoms with Crippen molar-refractivity contribution < 1.29 is 4.74 Å². The fourth-order valence-corrected chi connectivity index (χ4v) is 2.97. The standard InChI is InChI=1S/C19H18OS/c1-2-13-20-18-11-9-16(10-12-18)15-5-7-17(8-6-15)19-4-3-14-21-19/h3-12,14H,2,13H2,1H3. The van der Waals surface area contributed by atoms with E-state index in [9.17, 15) is 0 Å². The second kappa shape index (κ2) is 6.59. The molecule has 0 aliphatic carbocycles. The average molecular weight is 294 g/mol. The summed E-state index contributed by atoms with van der Waals surface area (Å²) < 4.78 is 5.62. The molecular formula is C19H18OS. The molecule has 1 aromatic heterocycles. The summed E-state index contributed by atoms with van der Waals surface area (Å²) in [6.45, 7) is 2.89. The average Bonchev–Trinajstić information content (AvgIpc) is 3.08. The Bertz CT molecular complexity index is 667. The summed E-state index contributed by atoms with van der Waals surface area (Å²) in [4.78, 5) is 1.31. The smallest absolute Gasteiger partial charge is 0.119 e. The zero-order chi connectivity index (χ0) is 14.5. The highest BCUT2D eigenvalue weighted by Gasteiger charge is 2.01. The van der Waals surface area contributed by atoms with Gasteiger partial charge in [0.05, 0.1) is 6.61 Å². The molecule has 0 fully saturated rings. The van der Waals surface area contributed by atoms with Crippen molar-refractivity contribution in [2.24, 2.45) is 0 Å². The van der Waals surface area contributed by atoms with Gasteiger partial charge in [0.1, 0.15) is 5.75 Å². The largest absolute Gasteiger partial charge is 0.494 e. The van der Waals surface area contributed by atoms with E-state index in [1.807, 2.05) is 12.1 Å². The van der Waals surface area contributed by atoms with Gasteiger partial charge < -0.3 is 4.74 Å². The maximum Gasteiger partial charge on any atom is 0.119 e. The molecule has 0 atom stereocenters. The molecule has 0 N–H and O–H groups in total. The Hall–Kier alpha value is -2.06. The van der Waals surface area contributed by atoms with Gasteiger partial charge in [-0.05, 0) is 46.7 Å². The lowest BCUT2D eigenvalue weighted by atomic mass is 10.0. The molecule has 0 aliphatic rings. The van der Waals surface area contributed by atoms with Gasteiger partial charge in [0.15, 0.2) is 0 Å².